The Morgan fingerprint density at radius 2 is 1.77 bits per heavy atom. The van der Waals surface area contributed by atoms with Crippen molar-refractivity contribution in [3.05, 3.63) is 66.0 Å². The zero-order chi connectivity index (χ0) is 20.8. The van der Waals surface area contributed by atoms with Crippen LogP contribution in [0.1, 0.15) is 12.0 Å². The minimum absolute atomic E-state index is 0.178. The van der Waals surface area contributed by atoms with Gasteiger partial charge in [0.05, 0.1) is 6.54 Å². The van der Waals surface area contributed by atoms with Gasteiger partial charge in [0.25, 0.3) is 5.91 Å². The number of benzene rings is 2. The average molecular weight is 409 g/mol. The van der Waals surface area contributed by atoms with Crippen molar-refractivity contribution in [1.29, 1.82) is 0 Å². The van der Waals surface area contributed by atoms with Gasteiger partial charge in [-0.1, -0.05) is 30.3 Å². The van der Waals surface area contributed by atoms with E-state index < -0.39 is 12.2 Å². The summed E-state index contributed by atoms with van der Waals surface area (Å²) in [4.78, 5) is 33.7. The largest absolute Gasteiger partial charge is 0.343 e. The van der Waals surface area contributed by atoms with Gasteiger partial charge in [-0.05, 0) is 36.2 Å². The van der Waals surface area contributed by atoms with Crippen molar-refractivity contribution in [2.75, 3.05) is 25.0 Å². The van der Waals surface area contributed by atoms with Crippen LogP contribution in [0.3, 0.4) is 0 Å². The number of hydrogen-bond donors (Lipinski definition) is 1. The van der Waals surface area contributed by atoms with Crippen LogP contribution < -0.4 is 10.2 Å². The lowest BCUT2D eigenvalue weighted by Crippen LogP contribution is -2.66. The summed E-state index contributed by atoms with van der Waals surface area (Å²) >= 11 is 0. The molecule has 30 heavy (non-hydrogen) atoms. The summed E-state index contributed by atoms with van der Waals surface area (Å²) in [5.41, 5.74) is 1.81. The molecule has 0 aromatic heterocycles. The molecule has 5 rings (SSSR count). The Morgan fingerprint density at radius 3 is 2.50 bits per heavy atom. The van der Waals surface area contributed by atoms with E-state index in [2.05, 4.69) is 15.1 Å². The maximum Gasteiger partial charge on any atom is 0.328 e. The number of carbonyl (C=O) groups excluding carboxylic acids is 2. The number of amides is 3. The average Bonchev–Trinajstić information content (AvgIpc) is 3.17. The molecule has 7 nitrogen and oxygen atoms in total. The van der Waals surface area contributed by atoms with E-state index in [0.29, 0.717) is 0 Å². The van der Waals surface area contributed by atoms with Crippen LogP contribution in [-0.4, -0.2) is 65.3 Å². The number of anilines is 1. The lowest BCUT2D eigenvalue weighted by molar-refractivity contribution is -0.139. The molecule has 3 saturated heterocycles. The minimum Gasteiger partial charge on any atom is -0.343 e. The molecule has 3 aliphatic heterocycles. The molecule has 2 aromatic carbocycles. The van der Waals surface area contributed by atoms with Gasteiger partial charge in [-0.3, -0.25) is 19.9 Å². The maximum absolute atomic E-state index is 13.4. The van der Waals surface area contributed by atoms with Crippen molar-refractivity contribution in [2.45, 2.75) is 31.5 Å². The summed E-state index contributed by atoms with van der Waals surface area (Å²) < 4.78 is 13.4. The van der Waals surface area contributed by atoms with Gasteiger partial charge < -0.3 is 9.80 Å². The van der Waals surface area contributed by atoms with Crippen molar-refractivity contribution in [3.63, 3.8) is 0 Å². The number of urea groups is 1. The highest BCUT2D eigenvalue weighted by molar-refractivity contribution is 6.00. The fourth-order valence-electron chi connectivity index (χ4n) is 4.73. The number of rotatable bonds is 3. The molecule has 3 heterocycles. The Hall–Kier alpha value is -2.97. The smallest absolute Gasteiger partial charge is 0.328 e. The number of likely N-dealkylation sites (N-methyl/N-ethyl adjacent to an activating group) is 1. The highest BCUT2D eigenvalue weighted by Crippen LogP contribution is 2.33. The highest BCUT2D eigenvalue weighted by Gasteiger charge is 2.56. The summed E-state index contributed by atoms with van der Waals surface area (Å²) in [6.45, 7) is 1.80. The van der Waals surface area contributed by atoms with Crippen LogP contribution >= 0.6 is 0 Å². The van der Waals surface area contributed by atoms with Gasteiger partial charge in [0.2, 0.25) is 0 Å². The molecule has 0 saturated carbocycles. The lowest BCUT2D eigenvalue weighted by Gasteiger charge is -2.43. The molecule has 3 unspecified atom stereocenters. The van der Waals surface area contributed by atoms with Gasteiger partial charge >= 0.3 is 6.03 Å². The van der Waals surface area contributed by atoms with Gasteiger partial charge in [-0.15, -0.1) is 0 Å². The normalized spacial score (nSPS) is 26.7. The second kappa shape index (κ2) is 7.37. The number of imide groups is 1. The summed E-state index contributed by atoms with van der Waals surface area (Å²) in [6, 6.07) is 15.2. The first-order chi connectivity index (χ1) is 14.5. The van der Waals surface area contributed by atoms with Crippen LogP contribution in [0.4, 0.5) is 14.9 Å². The van der Waals surface area contributed by atoms with E-state index in [-0.39, 0.29) is 30.6 Å². The third-order valence-corrected chi connectivity index (χ3v) is 6.21. The van der Waals surface area contributed by atoms with Crippen molar-refractivity contribution < 1.29 is 14.0 Å². The Morgan fingerprint density at radius 1 is 1.03 bits per heavy atom. The van der Waals surface area contributed by atoms with Crippen molar-refractivity contribution in [1.82, 2.24) is 20.0 Å². The standard InChI is InChI=1S/C22H24FN5O2/c1-25-19-18(20(29)28(22(25)30)14-15-6-3-2-4-7-15)27-13-5-12-26(21(27)24-19)17-10-8-16(23)9-11-17/h2-4,6-11,18-19,21,24H,5,12-14H2,1H3. The molecule has 0 spiro atoms. The molecular formula is C22H24FN5O2. The van der Waals surface area contributed by atoms with E-state index in [1.165, 1.54) is 17.0 Å². The van der Waals surface area contributed by atoms with Crippen LogP contribution in [-0.2, 0) is 11.3 Å². The van der Waals surface area contributed by atoms with E-state index in [1.54, 1.807) is 24.1 Å². The summed E-state index contributed by atoms with van der Waals surface area (Å²) in [6.07, 6.45) is 0.251. The number of halogens is 1. The number of nitrogens with one attached hydrogen (secondary N) is 1. The van der Waals surface area contributed by atoms with Crippen LogP contribution in [0.5, 0.6) is 0 Å². The van der Waals surface area contributed by atoms with Gasteiger partial charge in [0.15, 0.2) is 0 Å². The monoisotopic (exact) mass is 409 g/mol. The van der Waals surface area contributed by atoms with Gasteiger partial charge in [0.1, 0.15) is 24.3 Å². The SMILES string of the molecule is CN1C(=O)N(Cc2ccccc2)C(=O)C2C1NC1N(c3ccc(F)cc3)CCCN21. The molecule has 3 fully saturated rings. The maximum atomic E-state index is 13.4. The van der Waals surface area contributed by atoms with Crippen LogP contribution in [0.25, 0.3) is 0 Å². The van der Waals surface area contributed by atoms with Crippen molar-refractivity contribution in [2.24, 2.45) is 0 Å². The fourth-order valence-corrected chi connectivity index (χ4v) is 4.73. The molecule has 3 aliphatic rings. The number of carbonyl (C=O) groups is 2. The Bertz CT molecular complexity index is 954. The Kier molecular flexibility index (Phi) is 4.67. The quantitative estimate of drug-likeness (QED) is 0.841. The molecule has 0 aliphatic carbocycles. The Balaban J connectivity index is 1.43. The third-order valence-electron chi connectivity index (χ3n) is 6.21. The van der Waals surface area contributed by atoms with Crippen LogP contribution in [0.15, 0.2) is 54.6 Å². The van der Waals surface area contributed by atoms with Crippen LogP contribution in [0, 0.1) is 5.82 Å². The second-order valence-corrected chi connectivity index (χ2v) is 7.99. The van der Waals surface area contributed by atoms with Gasteiger partial charge in [-0.2, -0.15) is 0 Å². The van der Waals surface area contributed by atoms with E-state index in [1.807, 2.05) is 30.3 Å². The lowest BCUT2D eigenvalue weighted by atomic mass is 10.1. The topological polar surface area (TPSA) is 59.1 Å². The van der Waals surface area contributed by atoms with E-state index in [4.69, 9.17) is 0 Å². The predicted octanol–water partition coefficient (Wildman–Crippen LogP) is 2.01. The van der Waals surface area contributed by atoms with Crippen molar-refractivity contribution >= 4 is 17.6 Å². The van der Waals surface area contributed by atoms with E-state index in [9.17, 15) is 14.0 Å². The summed E-state index contributed by atoms with van der Waals surface area (Å²) in [5, 5.41) is 3.47. The highest BCUT2D eigenvalue weighted by atomic mass is 19.1. The first-order valence-corrected chi connectivity index (χ1v) is 10.2. The van der Waals surface area contributed by atoms with Crippen LogP contribution in [0.2, 0.25) is 0 Å². The third kappa shape index (κ3) is 3.03. The molecule has 3 atom stereocenters. The molecule has 3 amide bonds. The van der Waals surface area contributed by atoms with Gasteiger partial charge in [-0.25, -0.2) is 9.18 Å². The zero-order valence-electron chi connectivity index (χ0n) is 16.7. The molecule has 1 N–H and O–H groups in total. The predicted molar refractivity (Wildman–Crippen MR) is 110 cm³/mol. The Labute approximate surface area is 174 Å². The molecular weight excluding hydrogens is 385 g/mol. The zero-order valence-corrected chi connectivity index (χ0v) is 16.7. The first kappa shape index (κ1) is 19.0. The molecule has 0 bridgehead atoms. The number of fused-ring (bicyclic) bond motifs is 3. The molecule has 8 heteroatoms. The first-order valence-electron chi connectivity index (χ1n) is 10.2. The number of nitrogens with zero attached hydrogens (tertiary/aromatic N) is 4. The minimum atomic E-state index is -0.454. The van der Waals surface area contributed by atoms with E-state index >= 15 is 0 Å². The van der Waals surface area contributed by atoms with Gasteiger partial charge in [0, 0.05) is 25.8 Å². The molecule has 2 aromatic rings. The fraction of sp³-hybridized carbons (Fsp3) is 0.364. The second-order valence-electron chi connectivity index (χ2n) is 7.99. The van der Waals surface area contributed by atoms with Crippen molar-refractivity contribution in [3.8, 4) is 0 Å². The number of hydrogen-bond acceptors (Lipinski definition) is 5. The summed E-state index contributed by atoms with van der Waals surface area (Å²) in [7, 11) is 1.73. The van der Waals surface area contributed by atoms with E-state index in [0.717, 1.165) is 30.8 Å². The summed E-state index contributed by atoms with van der Waals surface area (Å²) in [5.74, 6) is -0.458. The molecule has 156 valence electrons. The molecule has 0 radical (unpaired) electrons.